The van der Waals surface area contributed by atoms with Gasteiger partial charge in [0.05, 0.1) is 6.54 Å². The normalized spacial score (nSPS) is 15.2. The largest absolute Gasteiger partial charge is 0.370 e. The summed E-state index contributed by atoms with van der Waals surface area (Å²) in [4.78, 5) is 6.66. The van der Waals surface area contributed by atoms with Crippen LogP contribution in [0.2, 0.25) is 0 Å². The van der Waals surface area contributed by atoms with Crippen molar-refractivity contribution in [1.29, 1.82) is 0 Å². The minimum Gasteiger partial charge on any atom is -0.370 e. The van der Waals surface area contributed by atoms with Crippen molar-refractivity contribution in [3.63, 3.8) is 0 Å². The molecule has 22 heavy (non-hydrogen) atoms. The minimum atomic E-state index is 0. The number of guanidine groups is 1. The Bertz CT molecular complexity index is 523. The van der Waals surface area contributed by atoms with Gasteiger partial charge in [-0.05, 0) is 70.8 Å². The first-order valence-corrected chi connectivity index (χ1v) is 7.75. The minimum absolute atomic E-state index is 0. The molecule has 5 heteroatoms. The van der Waals surface area contributed by atoms with Gasteiger partial charge in [-0.25, -0.2) is 0 Å². The molecular weight excluding hydrogens is 387 g/mol. The van der Waals surface area contributed by atoms with Gasteiger partial charge in [-0.3, -0.25) is 4.99 Å². The molecule has 0 fully saturated rings. The molecule has 0 amide bonds. The molecule has 0 heterocycles. The molecule has 0 bridgehead atoms. The summed E-state index contributed by atoms with van der Waals surface area (Å²) < 4.78 is 0. The lowest BCUT2D eigenvalue weighted by Crippen LogP contribution is -2.41. The zero-order valence-corrected chi connectivity index (χ0v) is 16.5. The Morgan fingerprint density at radius 2 is 1.95 bits per heavy atom. The fraction of sp³-hybridized carbons (Fsp3) is 0.588. The van der Waals surface area contributed by atoms with Crippen LogP contribution in [0.5, 0.6) is 0 Å². The maximum absolute atomic E-state index is 6.07. The standard InChI is InChI=1S/C17H28N4.HI/c1-17(2,21(3)4)12-19-16(18)20-15-11-7-9-13-8-5-6-10-14(13)15;/h7,9,11H,5-6,8,10,12H2,1-4H3,(H3,18,19,20);1H. The van der Waals surface area contributed by atoms with Gasteiger partial charge in [0, 0.05) is 11.2 Å². The highest BCUT2D eigenvalue weighted by atomic mass is 127. The third-order valence-electron chi connectivity index (χ3n) is 4.51. The molecule has 0 aliphatic heterocycles. The fourth-order valence-electron chi connectivity index (χ4n) is 2.50. The summed E-state index contributed by atoms with van der Waals surface area (Å²) in [6, 6.07) is 6.43. The van der Waals surface area contributed by atoms with Crippen molar-refractivity contribution < 1.29 is 0 Å². The predicted molar refractivity (Wildman–Crippen MR) is 106 cm³/mol. The second-order valence-electron chi connectivity index (χ2n) is 6.68. The van der Waals surface area contributed by atoms with Gasteiger partial charge in [-0.1, -0.05) is 12.1 Å². The molecule has 0 saturated heterocycles. The van der Waals surface area contributed by atoms with Crippen LogP contribution in [0.25, 0.3) is 0 Å². The van der Waals surface area contributed by atoms with E-state index >= 15 is 0 Å². The number of hydrogen-bond acceptors (Lipinski definition) is 2. The number of hydrogen-bond donors (Lipinski definition) is 2. The van der Waals surface area contributed by atoms with E-state index in [1.807, 2.05) is 0 Å². The van der Waals surface area contributed by atoms with E-state index in [-0.39, 0.29) is 29.5 Å². The number of likely N-dealkylation sites (N-methyl/N-ethyl adjacent to an activating group) is 1. The topological polar surface area (TPSA) is 53.6 Å². The summed E-state index contributed by atoms with van der Waals surface area (Å²) in [5.74, 6) is 0.504. The highest BCUT2D eigenvalue weighted by molar-refractivity contribution is 14.0. The summed E-state index contributed by atoms with van der Waals surface area (Å²) in [5.41, 5.74) is 10.1. The molecule has 0 radical (unpaired) electrons. The number of rotatable bonds is 4. The molecule has 4 nitrogen and oxygen atoms in total. The van der Waals surface area contributed by atoms with Crippen molar-refractivity contribution in [1.82, 2.24) is 4.90 Å². The number of aliphatic imine (C=N–C) groups is 1. The molecule has 0 spiro atoms. The van der Waals surface area contributed by atoms with Gasteiger partial charge in [0.1, 0.15) is 0 Å². The summed E-state index contributed by atoms with van der Waals surface area (Å²) in [6.45, 7) is 5.00. The molecule has 0 saturated carbocycles. The number of benzene rings is 1. The smallest absolute Gasteiger partial charge is 0.193 e. The third-order valence-corrected chi connectivity index (χ3v) is 4.51. The molecule has 0 unspecified atom stereocenters. The fourth-order valence-corrected chi connectivity index (χ4v) is 2.50. The molecule has 2 rings (SSSR count). The van der Waals surface area contributed by atoms with Gasteiger partial charge >= 0.3 is 0 Å². The Morgan fingerprint density at radius 1 is 1.27 bits per heavy atom. The number of halogens is 1. The lowest BCUT2D eigenvalue weighted by molar-refractivity contribution is 0.205. The van der Waals surface area contributed by atoms with Crippen LogP contribution in [-0.4, -0.2) is 37.0 Å². The van der Waals surface area contributed by atoms with Gasteiger partial charge in [0.15, 0.2) is 5.96 Å². The van der Waals surface area contributed by atoms with E-state index in [9.17, 15) is 0 Å². The Balaban J connectivity index is 0.00000242. The number of anilines is 1. The van der Waals surface area contributed by atoms with Crippen LogP contribution in [0.4, 0.5) is 5.69 Å². The van der Waals surface area contributed by atoms with Crippen molar-refractivity contribution in [3.05, 3.63) is 29.3 Å². The van der Waals surface area contributed by atoms with Gasteiger partial charge in [0.2, 0.25) is 0 Å². The second-order valence-corrected chi connectivity index (χ2v) is 6.68. The third kappa shape index (κ3) is 4.84. The maximum Gasteiger partial charge on any atom is 0.193 e. The van der Waals surface area contributed by atoms with Gasteiger partial charge in [0.25, 0.3) is 0 Å². The van der Waals surface area contributed by atoms with E-state index < -0.39 is 0 Å². The number of aryl methyl sites for hydroxylation is 1. The maximum atomic E-state index is 6.07. The van der Waals surface area contributed by atoms with Crippen LogP contribution in [-0.2, 0) is 12.8 Å². The van der Waals surface area contributed by atoms with Crippen LogP contribution in [0.1, 0.15) is 37.8 Å². The van der Waals surface area contributed by atoms with E-state index in [0.717, 1.165) is 12.1 Å². The van der Waals surface area contributed by atoms with Gasteiger partial charge in [-0.15, -0.1) is 24.0 Å². The first kappa shape index (κ1) is 19.2. The van der Waals surface area contributed by atoms with Gasteiger partial charge < -0.3 is 16.0 Å². The molecule has 1 aliphatic carbocycles. The molecule has 0 aromatic heterocycles. The van der Waals surface area contributed by atoms with Crippen LogP contribution >= 0.6 is 24.0 Å². The number of fused-ring (bicyclic) bond motifs is 1. The van der Waals surface area contributed by atoms with Crippen molar-refractivity contribution >= 4 is 35.6 Å². The highest BCUT2D eigenvalue weighted by Crippen LogP contribution is 2.27. The molecule has 0 atom stereocenters. The van der Waals surface area contributed by atoms with Gasteiger partial charge in [-0.2, -0.15) is 0 Å². The van der Waals surface area contributed by atoms with Crippen molar-refractivity contribution in [2.45, 2.75) is 45.1 Å². The SMILES string of the molecule is CN(C)C(C)(C)CN=C(N)Nc1cccc2c1CCCC2.I. The van der Waals surface area contributed by atoms with Crippen LogP contribution < -0.4 is 11.1 Å². The molecule has 3 N–H and O–H groups in total. The summed E-state index contributed by atoms with van der Waals surface area (Å²) in [7, 11) is 4.12. The van der Waals surface area contributed by atoms with Crippen molar-refractivity contribution in [2.75, 3.05) is 26.0 Å². The number of nitrogens with one attached hydrogen (secondary N) is 1. The van der Waals surface area contributed by atoms with E-state index in [0.29, 0.717) is 12.5 Å². The quantitative estimate of drug-likeness (QED) is 0.450. The Labute approximate surface area is 151 Å². The number of nitrogens with zero attached hydrogens (tertiary/aromatic N) is 2. The highest BCUT2D eigenvalue weighted by Gasteiger charge is 2.20. The zero-order chi connectivity index (χ0) is 15.5. The number of nitrogens with two attached hydrogens (primary N) is 1. The summed E-state index contributed by atoms with van der Waals surface area (Å²) >= 11 is 0. The van der Waals surface area contributed by atoms with Crippen molar-refractivity contribution in [3.8, 4) is 0 Å². The average molecular weight is 416 g/mol. The summed E-state index contributed by atoms with van der Waals surface area (Å²) in [5, 5.41) is 3.29. The van der Waals surface area contributed by atoms with E-state index in [4.69, 9.17) is 5.73 Å². The van der Waals surface area contributed by atoms with E-state index in [1.165, 1.54) is 30.4 Å². The molecule has 1 aromatic carbocycles. The van der Waals surface area contributed by atoms with E-state index in [1.54, 1.807) is 0 Å². The predicted octanol–water partition coefficient (Wildman–Crippen LogP) is 3.25. The summed E-state index contributed by atoms with van der Waals surface area (Å²) in [6.07, 6.45) is 4.86. The van der Waals surface area contributed by atoms with E-state index in [2.05, 4.69) is 61.4 Å². The van der Waals surface area contributed by atoms with Crippen LogP contribution in [0, 0.1) is 0 Å². The zero-order valence-electron chi connectivity index (χ0n) is 14.1. The molecular formula is C17H29IN4. The first-order valence-electron chi connectivity index (χ1n) is 7.75. The Morgan fingerprint density at radius 3 is 2.64 bits per heavy atom. The molecule has 1 aromatic rings. The van der Waals surface area contributed by atoms with Crippen molar-refractivity contribution in [2.24, 2.45) is 10.7 Å². The average Bonchev–Trinajstić information content (AvgIpc) is 2.45. The second kappa shape index (κ2) is 8.15. The molecule has 1 aliphatic rings. The van der Waals surface area contributed by atoms with Crippen LogP contribution in [0.3, 0.4) is 0 Å². The van der Waals surface area contributed by atoms with Crippen LogP contribution in [0.15, 0.2) is 23.2 Å². The lowest BCUT2D eigenvalue weighted by Gasteiger charge is -2.30. The molecule has 124 valence electrons. The Hall–Kier alpha value is -0.820. The monoisotopic (exact) mass is 416 g/mol. The lowest BCUT2D eigenvalue weighted by atomic mass is 9.90. The first-order chi connectivity index (χ1) is 9.90. The Kier molecular flexibility index (Phi) is 7.12.